The fraction of sp³-hybridized carbons (Fsp3) is 0.632. The van der Waals surface area contributed by atoms with E-state index in [9.17, 15) is 14.7 Å². The van der Waals surface area contributed by atoms with E-state index in [0.29, 0.717) is 0 Å². The van der Waals surface area contributed by atoms with E-state index < -0.39 is 29.8 Å². The number of ether oxygens (including phenoxy) is 2. The van der Waals surface area contributed by atoms with E-state index in [1.54, 1.807) is 30.6 Å². The first kappa shape index (κ1) is 20.2. The van der Waals surface area contributed by atoms with Gasteiger partial charge in [-0.2, -0.15) is 0 Å². The van der Waals surface area contributed by atoms with Crippen LogP contribution in [-0.4, -0.2) is 51.4 Å². The number of hydrogen-bond acceptors (Lipinski definition) is 7. The zero-order valence-electron chi connectivity index (χ0n) is 16.4. The molecule has 1 aromatic rings. The Morgan fingerprint density at radius 1 is 1.31 bits per heavy atom. The van der Waals surface area contributed by atoms with E-state index in [1.165, 1.54) is 0 Å². The molecule has 10 heteroatoms. The number of pyridine rings is 1. The van der Waals surface area contributed by atoms with Crippen molar-refractivity contribution in [2.45, 2.75) is 70.4 Å². The van der Waals surface area contributed by atoms with E-state index in [-0.39, 0.29) is 40.9 Å². The lowest BCUT2D eigenvalue weighted by Crippen LogP contribution is -2.44. The van der Waals surface area contributed by atoms with Crippen molar-refractivity contribution in [3.8, 4) is 0 Å². The molecule has 3 atom stereocenters. The Morgan fingerprint density at radius 2 is 1.97 bits per heavy atom. The molecule has 29 heavy (non-hydrogen) atoms. The average Bonchev–Trinajstić information content (AvgIpc) is 3.15. The van der Waals surface area contributed by atoms with Crippen LogP contribution in [0.25, 0.3) is 0 Å². The van der Waals surface area contributed by atoms with Crippen molar-refractivity contribution in [3.05, 3.63) is 22.1 Å². The van der Waals surface area contributed by atoms with Crippen LogP contribution in [0.5, 0.6) is 0 Å². The Bertz CT molecular complexity index is 874. The lowest BCUT2D eigenvalue weighted by Gasteiger charge is -2.33. The normalized spacial score (nSPS) is 26.3. The van der Waals surface area contributed by atoms with Crippen LogP contribution in [0.2, 0.25) is 5.15 Å². The molecule has 1 N–H and O–H groups in total. The summed E-state index contributed by atoms with van der Waals surface area (Å²) < 4.78 is 25.5. The smallest absolute Gasteiger partial charge is 0.412 e. The predicted octanol–water partition coefficient (Wildman–Crippen LogP) is 3.36. The SMILES string of the molecule is CC(C)(C)OC(=O)N1CN(c2nc(Cl)c3c(c2F)C(O)OC3=O)[C@@H]2CCCC[C@@H]21. The predicted molar refractivity (Wildman–Crippen MR) is 101 cm³/mol. The van der Waals surface area contributed by atoms with Gasteiger partial charge in [0.1, 0.15) is 16.3 Å². The van der Waals surface area contributed by atoms with Gasteiger partial charge < -0.3 is 19.5 Å². The topological polar surface area (TPSA) is 92.2 Å². The van der Waals surface area contributed by atoms with Crippen LogP contribution in [-0.2, 0) is 9.47 Å². The van der Waals surface area contributed by atoms with Crippen LogP contribution < -0.4 is 4.90 Å². The zero-order chi connectivity index (χ0) is 21.1. The third-order valence-electron chi connectivity index (χ3n) is 5.48. The van der Waals surface area contributed by atoms with E-state index in [0.717, 1.165) is 25.7 Å². The van der Waals surface area contributed by atoms with Crippen molar-refractivity contribution in [1.82, 2.24) is 9.88 Å². The van der Waals surface area contributed by atoms with Gasteiger partial charge in [0.25, 0.3) is 0 Å². The third-order valence-corrected chi connectivity index (χ3v) is 5.76. The van der Waals surface area contributed by atoms with Gasteiger partial charge in [0, 0.05) is 0 Å². The van der Waals surface area contributed by atoms with Gasteiger partial charge in [0.15, 0.2) is 11.6 Å². The molecule has 1 saturated carbocycles. The summed E-state index contributed by atoms with van der Waals surface area (Å²) in [6, 6.07) is -0.308. The highest BCUT2D eigenvalue weighted by molar-refractivity contribution is 6.33. The molecule has 1 amide bonds. The van der Waals surface area contributed by atoms with E-state index in [2.05, 4.69) is 9.72 Å². The van der Waals surface area contributed by atoms with Crippen molar-refractivity contribution in [1.29, 1.82) is 0 Å². The molecule has 1 unspecified atom stereocenters. The molecular formula is C19H23ClFN3O5. The number of carbonyl (C=O) groups excluding carboxylic acids is 2. The number of anilines is 1. The summed E-state index contributed by atoms with van der Waals surface area (Å²) in [5.41, 5.74) is -1.23. The largest absolute Gasteiger partial charge is 0.444 e. The maximum Gasteiger partial charge on any atom is 0.412 e. The molecule has 3 aliphatic rings. The highest BCUT2D eigenvalue weighted by atomic mass is 35.5. The number of cyclic esters (lactones) is 1. The Labute approximate surface area is 172 Å². The Kier molecular flexibility index (Phi) is 4.85. The molecule has 1 aromatic heterocycles. The summed E-state index contributed by atoms with van der Waals surface area (Å²) in [6.45, 7) is 5.44. The summed E-state index contributed by atoms with van der Waals surface area (Å²) in [7, 11) is 0. The molecule has 8 nitrogen and oxygen atoms in total. The molecule has 0 aromatic carbocycles. The van der Waals surface area contributed by atoms with E-state index in [1.807, 2.05) is 0 Å². The number of carbonyl (C=O) groups is 2. The quantitative estimate of drug-likeness (QED) is 0.542. The number of esters is 1. The highest BCUT2D eigenvalue weighted by Gasteiger charge is 2.47. The second kappa shape index (κ2) is 6.98. The Hall–Kier alpha value is -2.13. The fourth-order valence-electron chi connectivity index (χ4n) is 4.31. The van der Waals surface area contributed by atoms with Crippen molar-refractivity contribution >= 4 is 29.5 Å². The number of rotatable bonds is 1. The summed E-state index contributed by atoms with van der Waals surface area (Å²) in [4.78, 5) is 31.9. The number of aromatic nitrogens is 1. The number of nitrogens with zero attached hydrogens (tertiary/aromatic N) is 3. The van der Waals surface area contributed by atoms with Gasteiger partial charge in [-0.3, -0.25) is 4.90 Å². The molecule has 0 bridgehead atoms. The van der Waals surface area contributed by atoms with Crippen molar-refractivity contribution in [2.75, 3.05) is 11.6 Å². The van der Waals surface area contributed by atoms with Crippen LogP contribution in [0.15, 0.2) is 0 Å². The van der Waals surface area contributed by atoms with Gasteiger partial charge in [-0.25, -0.2) is 19.0 Å². The molecule has 158 valence electrons. The summed E-state index contributed by atoms with van der Waals surface area (Å²) in [6.07, 6.45) is 1.20. The van der Waals surface area contributed by atoms with Crippen LogP contribution in [0.3, 0.4) is 0 Å². The van der Waals surface area contributed by atoms with Gasteiger partial charge in [-0.15, -0.1) is 0 Å². The molecule has 2 fully saturated rings. The fourth-order valence-corrected chi connectivity index (χ4v) is 4.56. The molecular weight excluding hydrogens is 405 g/mol. The molecule has 1 aliphatic carbocycles. The van der Waals surface area contributed by atoms with Crippen LogP contribution >= 0.6 is 11.6 Å². The molecule has 1 saturated heterocycles. The van der Waals surface area contributed by atoms with Gasteiger partial charge >= 0.3 is 12.1 Å². The van der Waals surface area contributed by atoms with Crippen LogP contribution in [0.1, 0.15) is 68.7 Å². The number of halogens is 2. The Morgan fingerprint density at radius 3 is 2.62 bits per heavy atom. The lowest BCUT2D eigenvalue weighted by atomic mass is 9.90. The van der Waals surface area contributed by atoms with Gasteiger partial charge in [-0.1, -0.05) is 24.4 Å². The second-order valence-corrected chi connectivity index (χ2v) is 8.93. The number of hydrogen-bond donors (Lipinski definition) is 1. The lowest BCUT2D eigenvalue weighted by molar-refractivity contribution is -0.0562. The molecule has 3 heterocycles. The minimum atomic E-state index is -1.73. The number of aliphatic hydroxyl groups is 1. The minimum absolute atomic E-state index is 0.0776. The maximum absolute atomic E-state index is 15.3. The average molecular weight is 428 g/mol. The number of aliphatic hydroxyl groups excluding tert-OH is 1. The van der Waals surface area contributed by atoms with Gasteiger partial charge in [-0.05, 0) is 33.6 Å². The third kappa shape index (κ3) is 3.40. The first-order valence-electron chi connectivity index (χ1n) is 9.62. The number of amides is 1. The summed E-state index contributed by atoms with van der Waals surface area (Å²) in [5.74, 6) is -1.88. The second-order valence-electron chi connectivity index (χ2n) is 8.57. The molecule has 0 spiro atoms. The van der Waals surface area contributed by atoms with Crippen LogP contribution in [0.4, 0.5) is 15.0 Å². The summed E-state index contributed by atoms with van der Waals surface area (Å²) >= 11 is 6.12. The minimum Gasteiger partial charge on any atom is -0.444 e. The summed E-state index contributed by atoms with van der Waals surface area (Å²) in [5, 5.41) is 9.72. The molecule has 0 radical (unpaired) electrons. The zero-order valence-corrected chi connectivity index (χ0v) is 17.2. The molecule has 4 rings (SSSR count). The van der Waals surface area contributed by atoms with E-state index >= 15 is 4.39 Å². The van der Waals surface area contributed by atoms with Gasteiger partial charge in [0.05, 0.1) is 24.3 Å². The van der Waals surface area contributed by atoms with Crippen molar-refractivity contribution in [2.24, 2.45) is 0 Å². The Balaban J connectivity index is 1.72. The maximum atomic E-state index is 15.3. The monoisotopic (exact) mass is 427 g/mol. The molecule has 2 aliphatic heterocycles. The highest BCUT2D eigenvalue weighted by Crippen LogP contribution is 2.42. The van der Waals surface area contributed by atoms with Crippen LogP contribution in [0, 0.1) is 5.82 Å². The first-order valence-corrected chi connectivity index (χ1v) is 10.0. The van der Waals surface area contributed by atoms with Crippen molar-refractivity contribution < 1.29 is 28.6 Å². The first-order chi connectivity index (χ1) is 13.6. The number of fused-ring (bicyclic) bond motifs is 2. The standard InChI is InChI=1S/C19H23ClFN3O5/c1-19(2,3)29-18(27)24-8-23(9-6-4-5-7-10(9)24)15-13(21)11-12(14(20)22-15)17(26)28-16(11)25/h9-10,16,25H,4-8H2,1-3H3/t9-,10+,16?/m1/s1. The van der Waals surface area contributed by atoms with Crippen molar-refractivity contribution in [3.63, 3.8) is 0 Å². The van der Waals surface area contributed by atoms with E-state index in [4.69, 9.17) is 16.3 Å². The van der Waals surface area contributed by atoms with Gasteiger partial charge in [0.2, 0.25) is 6.29 Å².